The van der Waals surface area contributed by atoms with Gasteiger partial charge in [-0.2, -0.15) is 0 Å². The third-order valence-electron chi connectivity index (χ3n) is 4.64. The van der Waals surface area contributed by atoms with Crippen LogP contribution in [0.3, 0.4) is 0 Å². The molecule has 0 bridgehead atoms. The van der Waals surface area contributed by atoms with Gasteiger partial charge in [-0.05, 0) is 48.6 Å². The zero-order chi connectivity index (χ0) is 16.6. The molecule has 0 spiro atoms. The molecule has 1 fully saturated rings. The Bertz CT molecular complexity index is 633. The van der Waals surface area contributed by atoms with Crippen LogP contribution in [0.15, 0.2) is 59.5 Å². The van der Waals surface area contributed by atoms with Crippen LogP contribution in [-0.2, 0) is 5.75 Å². The van der Waals surface area contributed by atoms with Crippen molar-refractivity contribution in [2.75, 3.05) is 6.54 Å². The summed E-state index contributed by atoms with van der Waals surface area (Å²) in [6.45, 7) is 0.824. The van der Waals surface area contributed by atoms with Crippen LogP contribution in [0.25, 0.3) is 0 Å². The molecular formula is C21H25NOS. The molecule has 1 aliphatic rings. The maximum atomic E-state index is 12.3. The van der Waals surface area contributed by atoms with Crippen LogP contribution in [0.5, 0.6) is 0 Å². The summed E-state index contributed by atoms with van der Waals surface area (Å²) in [5, 5.41) is 3.10. The fraction of sp³-hybridized carbons (Fsp3) is 0.381. The van der Waals surface area contributed by atoms with Gasteiger partial charge < -0.3 is 5.32 Å². The molecule has 2 aromatic rings. The number of carbonyl (C=O) groups is 1. The Morgan fingerprint density at radius 3 is 2.38 bits per heavy atom. The van der Waals surface area contributed by atoms with E-state index in [0.717, 1.165) is 17.9 Å². The van der Waals surface area contributed by atoms with Gasteiger partial charge in [0.1, 0.15) is 0 Å². The first-order chi connectivity index (χ1) is 11.8. The van der Waals surface area contributed by atoms with Crippen molar-refractivity contribution in [3.63, 3.8) is 0 Å². The second-order valence-corrected chi connectivity index (χ2v) is 7.56. The lowest BCUT2D eigenvalue weighted by Gasteiger charge is -2.21. The maximum Gasteiger partial charge on any atom is 0.251 e. The number of carbonyl (C=O) groups excluding carboxylic acids is 1. The Morgan fingerprint density at radius 2 is 1.67 bits per heavy atom. The van der Waals surface area contributed by atoms with Crippen LogP contribution in [0.1, 0.15) is 48.0 Å². The summed E-state index contributed by atoms with van der Waals surface area (Å²) in [5.41, 5.74) is 2.01. The number of amides is 1. The van der Waals surface area contributed by atoms with Gasteiger partial charge in [-0.1, -0.05) is 49.6 Å². The molecule has 1 saturated carbocycles. The molecule has 0 heterocycles. The largest absolute Gasteiger partial charge is 0.352 e. The summed E-state index contributed by atoms with van der Waals surface area (Å²) >= 11 is 1.82. The van der Waals surface area contributed by atoms with Crippen molar-refractivity contribution in [2.24, 2.45) is 5.92 Å². The summed E-state index contributed by atoms with van der Waals surface area (Å²) in [6, 6.07) is 18.4. The van der Waals surface area contributed by atoms with Gasteiger partial charge in [-0.15, -0.1) is 11.8 Å². The van der Waals surface area contributed by atoms with E-state index in [2.05, 4.69) is 41.7 Å². The topological polar surface area (TPSA) is 29.1 Å². The number of nitrogens with one attached hydrogen (secondary N) is 1. The van der Waals surface area contributed by atoms with E-state index in [-0.39, 0.29) is 5.91 Å². The van der Waals surface area contributed by atoms with Crippen molar-refractivity contribution in [2.45, 2.75) is 42.8 Å². The van der Waals surface area contributed by atoms with E-state index in [0.29, 0.717) is 5.92 Å². The molecule has 0 radical (unpaired) electrons. The van der Waals surface area contributed by atoms with E-state index >= 15 is 0 Å². The van der Waals surface area contributed by atoms with Crippen molar-refractivity contribution in [1.82, 2.24) is 5.32 Å². The Kier molecular flexibility index (Phi) is 6.36. The van der Waals surface area contributed by atoms with Crippen LogP contribution in [0.2, 0.25) is 0 Å². The predicted molar refractivity (Wildman–Crippen MR) is 101 cm³/mol. The molecule has 2 aromatic carbocycles. The first-order valence-corrected chi connectivity index (χ1v) is 9.85. The van der Waals surface area contributed by atoms with Gasteiger partial charge in [0.15, 0.2) is 0 Å². The van der Waals surface area contributed by atoms with Crippen LogP contribution in [0.4, 0.5) is 0 Å². The average molecular weight is 340 g/mol. The fourth-order valence-corrected chi connectivity index (χ4v) is 4.04. The standard InChI is InChI=1S/C21H25NOS/c23-21(22-15-17-7-3-1-4-8-17)19-13-11-18(12-14-19)16-24-20-9-5-2-6-10-20/h2,5-6,9-14,17H,1,3-4,7-8,15-16H2,(H,22,23). The van der Waals surface area contributed by atoms with E-state index in [4.69, 9.17) is 0 Å². The van der Waals surface area contributed by atoms with Crippen LogP contribution in [-0.4, -0.2) is 12.5 Å². The van der Waals surface area contributed by atoms with E-state index in [1.807, 2.05) is 30.0 Å². The van der Waals surface area contributed by atoms with Crippen molar-refractivity contribution >= 4 is 17.7 Å². The van der Waals surface area contributed by atoms with Gasteiger partial charge in [0.25, 0.3) is 5.91 Å². The molecule has 0 aromatic heterocycles. The highest BCUT2D eigenvalue weighted by molar-refractivity contribution is 7.98. The molecule has 24 heavy (non-hydrogen) atoms. The number of rotatable bonds is 6. The average Bonchev–Trinajstić information content (AvgIpc) is 2.66. The van der Waals surface area contributed by atoms with Gasteiger partial charge >= 0.3 is 0 Å². The van der Waals surface area contributed by atoms with E-state index in [9.17, 15) is 4.79 Å². The SMILES string of the molecule is O=C(NCC1CCCCC1)c1ccc(CSc2ccccc2)cc1. The summed E-state index contributed by atoms with van der Waals surface area (Å²) in [6.07, 6.45) is 6.50. The Morgan fingerprint density at radius 1 is 0.958 bits per heavy atom. The molecular weight excluding hydrogens is 314 g/mol. The van der Waals surface area contributed by atoms with Crippen LogP contribution in [0, 0.1) is 5.92 Å². The smallest absolute Gasteiger partial charge is 0.251 e. The second kappa shape index (κ2) is 8.93. The van der Waals surface area contributed by atoms with Gasteiger partial charge in [0.05, 0.1) is 0 Å². The van der Waals surface area contributed by atoms with E-state index in [1.54, 1.807) is 0 Å². The van der Waals surface area contributed by atoms with Crippen molar-refractivity contribution in [1.29, 1.82) is 0 Å². The first-order valence-electron chi connectivity index (χ1n) is 8.86. The van der Waals surface area contributed by atoms with Crippen molar-refractivity contribution in [3.05, 3.63) is 65.7 Å². The highest BCUT2D eigenvalue weighted by Crippen LogP contribution is 2.23. The number of hydrogen-bond donors (Lipinski definition) is 1. The minimum absolute atomic E-state index is 0.0582. The van der Waals surface area contributed by atoms with E-state index < -0.39 is 0 Å². The quantitative estimate of drug-likeness (QED) is 0.725. The lowest BCUT2D eigenvalue weighted by Crippen LogP contribution is -2.30. The molecule has 126 valence electrons. The zero-order valence-corrected chi connectivity index (χ0v) is 14.9. The van der Waals surface area contributed by atoms with E-state index in [1.165, 1.54) is 42.6 Å². The van der Waals surface area contributed by atoms with Gasteiger partial charge in [-0.25, -0.2) is 0 Å². The highest BCUT2D eigenvalue weighted by Gasteiger charge is 2.14. The lowest BCUT2D eigenvalue weighted by molar-refractivity contribution is 0.0943. The number of benzene rings is 2. The van der Waals surface area contributed by atoms with Gasteiger partial charge in [-0.3, -0.25) is 4.79 Å². The summed E-state index contributed by atoms with van der Waals surface area (Å²) in [5.74, 6) is 1.65. The molecule has 0 saturated heterocycles. The molecule has 1 amide bonds. The third-order valence-corrected chi connectivity index (χ3v) is 5.72. The Hall–Kier alpha value is -1.74. The third kappa shape index (κ3) is 5.13. The van der Waals surface area contributed by atoms with Gasteiger partial charge in [0.2, 0.25) is 0 Å². The van der Waals surface area contributed by atoms with Crippen LogP contribution >= 0.6 is 11.8 Å². The molecule has 0 aliphatic heterocycles. The molecule has 3 rings (SSSR count). The highest BCUT2D eigenvalue weighted by atomic mass is 32.2. The van der Waals surface area contributed by atoms with Gasteiger partial charge in [0, 0.05) is 22.8 Å². The van der Waals surface area contributed by atoms with Crippen molar-refractivity contribution < 1.29 is 4.79 Å². The molecule has 0 atom stereocenters. The summed E-state index contributed by atoms with van der Waals surface area (Å²) < 4.78 is 0. The normalized spacial score (nSPS) is 15.2. The molecule has 0 unspecified atom stereocenters. The molecule has 1 aliphatic carbocycles. The Balaban J connectivity index is 1.47. The lowest BCUT2D eigenvalue weighted by atomic mass is 9.89. The summed E-state index contributed by atoms with van der Waals surface area (Å²) in [7, 11) is 0. The monoisotopic (exact) mass is 339 g/mol. The molecule has 1 N–H and O–H groups in total. The van der Waals surface area contributed by atoms with Crippen LogP contribution < -0.4 is 5.32 Å². The fourth-order valence-electron chi connectivity index (χ4n) is 3.17. The molecule has 3 heteroatoms. The predicted octanol–water partition coefficient (Wildman–Crippen LogP) is 5.29. The number of thioether (sulfide) groups is 1. The minimum atomic E-state index is 0.0582. The molecule has 2 nitrogen and oxygen atoms in total. The summed E-state index contributed by atoms with van der Waals surface area (Å²) in [4.78, 5) is 13.5. The zero-order valence-electron chi connectivity index (χ0n) is 14.0. The second-order valence-electron chi connectivity index (χ2n) is 6.51. The van der Waals surface area contributed by atoms with Crippen molar-refractivity contribution in [3.8, 4) is 0 Å². The number of hydrogen-bond acceptors (Lipinski definition) is 2. The minimum Gasteiger partial charge on any atom is -0.352 e. The Labute approximate surface area is 149 Å². The maximum absolute atomic E-state index is 12.3. The first kappa shape index (κ1) is 17.1.